The van der Waals surface area contributed by atoms with Gasteiger partial charge in [0.25, 0.3) is 5.91 Å². The van der Waals surface area contributed by atoms with Crippen LogP contribution in [0.5, 0.6) is 5.75 Å². The van der Waals surface area contributed by atoms with E-state index in [1.807, 2.05) is 25.8 Å². The average Bonchev–Trinajstić information content (AvgIpc) is 3.67. The molecule has 0 saturated heterocycles. The van der Waals surface area contributed by atoms with E-state index in [0.29, 0.717) is 42.0 Å². The van der Waals surface area contributed by atoms with Gasteiger partial charge in [0.2, 0.25) is 0 Å². The van der Waals surface area contributed by atoms with E-state index in [4.69, 9.17) is 14.2 Å². The van der Waals surface area contributed by atoms with E-state index < -0.39 is 18.7 Å². The van der Waals surface area contributed by atoms with Gasteiger partial charge in [-0.2, -0.15) is 13.2 Å². The Balaban J connectivity index is 2.18. The van der Waals surface area contributed by atoms with Crippen LogP contribution in [0.4, 0.5) is 13.2 Å². The summed E-state index contributed by atoms with van der Waals surface area (Å²) in [6.07, 6.45) is 4.32. The number of hydrogen-bond acceptors (Lipinski definition) is 5. The van der Waals surface area contributed by atoms with E-state index in [0.717, 1.165) is 37.9 Å². The number of hydrogen-bond donors (Lipinski definition) is 1. The smallest absolute Gasteiger partial charge is 0.422 e. The molecule has 1 N–H and O–H groups in total. The van der Waals surface area contributed by atoms with Gasteiger partial charge in [-0.05, 0) is 69.1 Å². The Hall–Kier alpha value is -2.68. The molecule has 2 rings (SSSR count). The molecule has 1 amide bonds. The molecule has 0 aliphatic heterocycles. The van der Waals surface area contributed by atoms with Gasteiger partial charge < -0.3 is 24.4 Å². The fourth-order valence-corrected chi connectivity index (χ4v) is 4.53. The summed E-state index contributed by atoms with van der Waals surface area (Å²) in [5.41, 5.74) is 0.0345. The van der Waals surface area contributed by atoms with Crippen molar-refractivity contribution in [1.29, 1.82) is 0 Å². The third-order valence-electron chi connectivity index (χ3n) is 6.56. The Labute approximate surface area is 237 Å². The highest BCUT2D eigenvalue weighted by Gasteiger charge is 2.30. The van der Waals surface area contributed by atoms with Gasteiger partial charge in [0.05, 0.1) is 24.0 Å². The summed E-state index contributed by atoms with van der Waals surface area (Å²) in [4.78, 5) is 14.9. The van der Waals surface area contributed by atoms with Crippen LogP contribution in [0.2, 0.25) is 0 Å². The predicted octanol–water partition coefficient (Wildman–Crippen LogP) is 5.39. The van der Waals surface area contributed by atoms with Gasteiger partial charge in [0.1, 0.15) is 5.75 Å². The van der Waals surface area contributed by atoms with Crippen molar-refractivity contribution in [2.24, 2.45) is 11.8 Å². The first kappa shape index (κ1) is 33.5. The minimum Gasteiger partial charge on any atom is -0.496 e. The topological polar surface area (TPSA) is 60.0 Å². The van der Waals surface area contributed by atoms with Crippen molar-refractivity contribution in [2.75, 3.05) is 40.0 Å². The van der Waals surface area contributed by atoms with Crippen molar-refractivity contribution in [3.05, 3.63) is 40.5 Å². The Bertz CT molecular complexity index is 1050. The van der Waals surface area contributed by atoms with E-state index in [1.165, 1.54) is 18.9 Å². The maximum absolute atomic E-state index is 13.1. The van der Waals surface area contributed by atoms with Crippen LogP contribution < -0.4 is 20.5 Å². The molecule has 1 aliphatic rings. The van der Waals surface area contributed by atoms with Crippen molar-refractivity contribution in [3.63, 3.8) is 0 Å². The van der Waals surface area contributed by atoms with E-state index in [9.17, 15) is 18.0 Å². The Morgan fingerprint density at radius 1 is 1.25 bits per heavy atom. The lowest BCUT2D eigenvalue weighted by atomic mass is 9.96. The van der Waals surface area contributed by atoms with Gasteiger partial charge in [-0.1, -0.05) is 32.6 Å². The average molecular weight is 569 g/mol. The molecule has 1 unspecified atom stereocenters. The van der Waals surface area contributed by atoms with Crippen LogP contribution >= 0.6 is 0 Å². The van der Waals surface area contributed by atoms with Gasteiger partial charge in [0, 0.05) is 44.6 Å². The normalized spacial score (nSPS) is 14.8. The van der Waals surface area contributed by atoms with E-state index in [1.54, 1.807) is 12.3 Å². The molecule has 0 aromatic heterocycles. The highest BCUT2D eigenvalue weighted by atomic mass is 19.4. The van der Waals surface area contributed by atoms with E-state index in [-0.39, 0.29) is 24.0 Å². The minimum atomic E-state index is -4.56. The lowest BCUT2D eigenvalue weighted by Gasteiger charge is -2.24. The summed E-state index contributed by atoms with van der Waals surface area (Å²) < 4.78 is 55.8. The fourth-order valence-electron chi connectivity index (χ4n) is 4.53. The van der Waals surface area contributed by atoms with Crippen molar-refractivity contribution in [1.82, 2.24) is 10.2 Å². The molecule has 9 heteroatoms. The third-order valence-corrected chi connectivity index (χ3v) is 6.56. The molecule has 6 nitrogen and oxygen atoms in total. The molecule has 226 valence electrons. The zero-order valence-corrected chi connectivity index (χ0v) is 24.6. The minimum absolute atomic E-state index is 0.0345. The number of nitrogens with one attached hydrogen (secondary N) is 1. The first-order valence-corrected chi connectivity index (χ1v) is 14.3. The molecule has 0 bridgehead atoms. The number of allylic oxidation sites excluding steroid dienone is 1. The monoisotopic (exact) mass is 568 g/mol. The van der Waals surface area contributed by atoms with Crippen LogP contribution in [0.15, 0.2) is 24.5 Å². The van der Waals surface area contributed by atoms with Gasteiger partial charge >= 0.3 is 6.18 Å². The number of halogens is 3. The summed E-state index contributed by atoms with van der Waals surface area (Å²) in [7, 11) is 1.88. The number of ether oxygens (including phenoxy) is 3. The third kappa shape index (κ3) is 13.1. The molecule has 1 saturated carbocycles. The van der Waals surface area contributed by atoms with Crippen LogP contribution in [0.3, 0.4) is 0 Å². The molecule has 1 aromatic carbocycles. The van der Waals surface area contributed by atoms with Gasteiger partial charge in [-0.3, -0.25) is 4.79 Å². The van der Waals surface area contributed by atoms with Crippen molar-refractivity contribution >= 4 is 18.7 Å². The number of amides is 1. The summed E-state index contributed by atoms with van der Waals surface area (Å²) in [6.45, 7) is 14.5. The van der Waals surface area contributed by atoms with Crippen LogP contribution in [0.25, 0.3) is 12.8 Å². The van der Waals surface area contributed by atoms with Gasteiger partial charge in [-0.15, -0.1) is 0 Å². The maximum Gasteiger partial charge on any atom is 0.422 e. The van der Waals surface area contributed by atoms with Crippen LogP contribution in [-0.2, 0) is 9.47 Å². The maximum atomic E-state index is 13.1. The van der Waals surface area contributed by atoms with E-state index in [2.05, 4.69) is 25.4 Å². The van der Waals surface area contributed by atoms with Crippen LogP contribution in [-0.4, -0.2) is 63.0 Å². The lowest BCUT2D eigenvalue weighted by molar-refractivity contribution is -0.153. The summed E-state index contributed by atoms with van der Waals surface area (Å²) >= 11 is 0. The molecule has 0 spiro atoms. The first-order chi connectivity index (χ1) is 18.9. The standard InChI is InChI=1S/C31H47F3N2O4/c1-7-9-25(11-8-10-24(5)40-22(2)3)18-36(6)19-28-23(4)12-15-27(29(28)39-21-31(32,33)34)30(37)35-16-17-38-20-26-13-14-26/h12,15,19,22,25-26H,4-5,7-11,13-14,16-18,20-21H2,1-3,6H3,(H,35,37)/b28-19+. The van der Waals surface area contributed by atoms with Crippen molar-refractivity contribution < 1.29 is 32.2 Å². The molecule has 1 fully saturated rings. The molecular formula is C31H47F3N2O4. The molecule has 1 aliphatic carbocycles. The van der Waals surface area contributed by atoms with Gasteiger partial charge in [-0.25, -0.2) is 0 Å². The number of benzene rings is 1. The Morgan fingerprint density at radius 3 is 2.60 bits per heavy atom. The number of rotatable bonds is 19. The number of carbonyl (C=O) groups is 1. The molecular weight excluding hydrogens is 521 g/mol. The largest absolute Gasteiger partial charge is 0.496 e. The van der Waals surface area contributed by atoms with Crippen LogP contribution in [0.1, 0.15) is 76.1 Å². The number of carbonyl (C=O) groups excluding carboxylic acids is 1. The van der Waals surface area contributed by atoms with Gasteiger partial charge in [0.15, 0.2) is 6.61 Å². The summed E-state index contributed by atoms with van der Waals surface area (Å²) in [5, 5.41) is 3.57. The summed E-state index contributed by atoms with van der Waals surface area (Å²) in [5.74, 6) is 1.11. The molecule has 0 heterocycles. The SMILES string of the molecule is C=C(CCCC(CCC)CN(C)/C=c1/c(OCC(F)(F)F)c(C(=O)NCCOCC2CC2)ccc1=C)OC(C)C. The second-order valence-corrected chi connectivity index (χ2v) is 11.0. The zero-order chi connectivity index (χ0) is 29.7. The number of alkyl halides is 3. The lowest BCUT2D eigenvalue weighted by Crippen LogP contribution is -2.36. The fraction of sp³-hybridized carbons (Fsp3) is 0.645. The zero-order valence-electron chi connectivity index (χ0n) is 24.6. The Morgan fingerprint density at radius 2 is 1.98 bits per heavy atom. The highest BCUT2D eigenvalue weighted by Crippen LogP contribution is 2.28. The summed E-state index contributed by atoms with van der Waals surface area (Å²) in [6, 6.07) is 3.08. The quantitative estimate of drug-likeness (QED) is 0.179. The van der Waals surface area contributed by atoms with Crippen LogP contribution in [0, 0.1) is 11.8 Å². The molecule has 40 heavy (non-hydrogen) atoms. The van der Waals surface area contributed by atoms with Crippen molar-refractivity contribution in [2.45, 2.75) is 78.0 Å². The van der Waals surface area contributed by atoms with E-state index >= 15 is 0 Å². The molecule has 0 radical (unpaired) electrons. The molecule has 1 atom stereocenters. The second kappa shape index (κ2) is 16.6. The first-order valence-electron chi connectivity index (χ1n) is 14.3. The Kier molecular flexibility index (Phi) is 13.9. The second-order valence-electron chi connectivity index (χ2n) is 11.0. The predicted molar refractivity (Wildman–Crippen MR) is 153 cm³/mol. The highest BCUT2D eigenvalue weighted by molar-refractivity contribution is 5.97. The molecule has 1 aromatic rings. The number of nitrogens with zero attached hydrogens (tertiary/aromatic N) is 1. The van der Waals surface area contributed by atoms with Crippen molar-refractivity contribution in [3.8, 4) is 5.75 Å².